The van der Waals surface area contributed by atoms with E-state index in [1.807, 2.05) is 0 Å². The van der Waals surface area contributed by atoms with Crippen LogP contribution in [0.1, 0.15) is 32.6 Å². The van der Waals surface area contributed by atoms with Gasteiger partial charge in [-0.3, -0.25) is 4.79 Å². The predicted molar refractivity (Wildman–Crippen MR) is 54.2 cm³/mol. The Balaban J connectivity index is 1.85. The molecule has 0 aromatic rings. The van der Waals surface area contributed by atoms with Gasteiger partial charge in [0.15, 0.2) is 0 Å². The number of hydrogen-bond acceptors (Lipinski definition) is 2. The summed E-state index contributed by atoms with van der Waals surface area (Å²) in [6, 6.07) is -0.682. The van der Waals surface area contributed by atoms with Gasteiger partial charge in [0.1, 0.15) is 6.04 Å². The molecular weight excluding hydrogens is 194 g/mol. The minimum Gasteiger partial charge on any atom is -0.480 e. The minimum atomic E-state index is -0.907. The lowest BCUT2D eigenvalue weighted by atomic mass is 10.0. The molecule has 2 aliphatic carbocycles. The maximum atomic E-state index is 10.9. The van der Waals surface area contributed by atoms with Gasteiger partial charge in [-0.25, -0.2) is 4.79 Å². The van der Waals surface area contributed by atoms with Crippen LogP contribution >= 0.6 is 0 Å². The molecule has 4 nitrogen and oxygen atoms in total. The summed E-state index contributed by atoms with van der Waals surface area (Å²) in [7, 11) is 0. The SMILES string of the molecule is CC(=O)NC(CC1[C@H]2CCC[C@@H]12)C(=O)O. The quantitative estimate of drug-likeness (QED) is 0.729. The zero-order valence-corrected chi connectivity index (χ0v) is 8.90. The van der Waals surface area contributed by atoms with E-state index in [2.05, 4.69) is 5.32 Å². The van der Waals surface area contributed by atoms with Crippen molar-refractivity contribution in [3.05, 3.63) is 0 Å². The number of rotatable bonds is 4. The fourth-order valence-electron chi connectivity index (χ4n) is 3.06. The molecule has 1 amide bonds. The van der Waals surface area contributed by atoms with E-state index >= 15 is 0 Å². The molecule has 4 atom stereocenters. The number of aliphatic carboxylic acids is 1. The standard InChI is InChI=1S/C11H17NO3/c1-6(13)12-10(11(14)15)5-9-7-3-2-4-8(7)9/h7-10H,2-5H2,1H3,(H,12,13)(H,14,15)/t7-,8+,9?,10?. The van der Waals surface area contributed by atoms with Crippen LogP contribution in [0, 0.1) is 17.8 Å². The lowest BCUT2D eigenvalue weighted by Gasteiger charge is -2.13. The number of fused-ring (bicyclic) bond motifs is 1. The molecule has 0 aliphatic heterocycles. The Morgan fingerprint density at radius 1 is 1.40 bits per heavy atom. The first kappa shape index (κ1) is 10.5. The summed E-state index contributed by atoms with van der Waals surface area (Å²) in [5.41, 5.74) is 0. The highest BCUT2D eigenvalue weighted by Crippen LogP contribution is 2.59. The highest BCUT2D eigenvalue weighted by Gasteiger charge is 2.53. The van der Waals surface area contributed by atoms with E-state index in [9.17, 15) is 9.59 Å². The van der Waals surface area contributed by atoms with Gasteiger partial charge in [-0.15, -0.1) is 0 Å². The van der Waals surface area contributed by atoms with Crippen molar-refractivity contribution in [3.63, 3.8) is 0 Å². The summed E-state index contributed by atoms with van der Waals surface area (Å²) in [6.45, 7) is 1.36. The first-order chi connectivity index (χ1) is 7.09. The van der Waals surface area contributed by atoms with E-state index < -0.39 is 12.0 Å². The Morgan fingerprint density at radius 2 is 2.00 bits per heavy atom. The van der Waals surface area contributed by atoms with Crippen molar-refractivity contribution in [2.24, 2.45) is 17.8 Å². The normalized spacial score (nSPS) is 34.3. The van der Waals surface area contributed by atoms with Gasteiger partial charge >= 0.3 is 5.97 Å². The number of carboxylic acid groups (broad SMARTS) is 1. The monoisotopic (exact) mass is 211 g/mol. The second-order valence-electron chi connectivity index (χ2n) is 4.75. The Labute approximate surface area is 89.0 Å². The third-order valence-corrected chi connectivity index (χ3v) is 3.77. The van der Waals surface area contributed by atoms with Crippen LogP contribution in [0.15, 0.2) is 0 Å². The van der Waals surface area contributed by atoms with Gasteiger partial charge in [0.25, 0.3) is 0 Å². The molecule has 2 rings (SSSR count). The van der Waals surface area contributed by atoms with Crippen molar-refractivity contribution in [2.75, 3.05) is 0 Å². The first-order valence-electron chi connectivity index (χ1n) is 5.59. The van der Waals surface area contributed by atoms with Crippen molar-refractivity contribution < 1.29 is 14.7 Å². The largest absolute Gasteiger partial charge is 0.480 e. The molecule has 0 aromatic heterocycles. The van der Waals surface area contributed by atoms with Crippen LogP contribution in [-0.2, 0) is 9.59 Å². The third-order valence-electron chi connectivity index (χ3n) is 3.77. The van der Waals surface area contributed by atoms with Crippen LogP contribution in [-0.4, -0.2) is 23.0 Å². The lowest BCUT2D eigenvalue weighted by Crippen LogP contribution is -2.40. The van der Waals surface area contributed by atoms with Gasteiger partial charge in [0, 0.05) is 6.92 Å². The molecule has 0 saturated heterocycles. The topological polar surface area (TPSA) is 66.4 Å². The van der Waals surface area contributed by atoms with E-state index in [0.29, 0.717) is 12.3 Å². The zero-order valence-electron chi connectivity index (χ0n) is 8.90. The van der Waals surface area contributed by atoms with Crippen LogP contribution < -0.4 is 5.32 Å². The molecule has 2 fully saturated rings. The van der Waals surface area contributed by atoms with E-state index in [4.69, 9.17) is 5.11 Å². The Kier molecular flexibility index (Phi) is 2.67. The Morgan fingerprint density at radius 3 is 2.47 bits per heavy atom. The molecule has 4 heteroatoms. The average molecular weight is 211 g/mol. The van der Waals surface area contributed by atoms with Gasteiger partial charge in [-0.1, -0.05) is 6.42 Å². The number of carbonyl (C=O) groups excluding carboxylic acids is 1. The van der Waals surface area contributed by atoms with E-state index in [1.54, 1.807) is 0 Å². The maximum absolute atomic E-state index is 10.9. The Hall–Kier alpha value is -1.06. The zero-order chi connectivity index (χ0) is 11.0. The second-order valence-corrected chi connectivity index (χ2v) is 4.75. The van der Waals surface area contributed by atoms with Crippen molar-refractivity contribution in [2.45, 2.75) is 38.6 Å². The van der Waals surface area contributed by atoms with Crippen molar-refractivity contribution in [1.82, 2.24) is 5.32 Å². The molecule has 84 valence electrons. The molecule has 2 N–H and O–H groups in total. The van der Waals surface area contributed by atoms with Crippen LogP contribution in [0.4, 0.5) is 0 Å². The average Bonchev–Trinajstić information content (AvgIpc) is 2.61. The molecule has 0 spiro atoms. The maximum Gasteiger partial charge on any atom is 0.326 e. The van der Waals surface area contributed by atoms with Crippen LogP contribution in [0.25, 0.3) is 0 Å². The van der Waals surface area contributed by atoms with Crippen molar-refractivity contribution in [3.8, 4) is 0 Å². The summed E-state index contributed by atoms with van der Waals surface area (Å²) < 4.78 is 0. The molecule has 15 heavy (non-hydrogen) atoms. The number of amides is 1. The van der Waals surface area contributed by atoms with Crippen LogP contribution in [0.3, 0.4) is 0 Å². The molecule has 0 bridgehead atoms. The van der Waals surface area contributed by atoms with Crippen LogP contribution in [0.2, 0.25) is 0 Å². The van der Waals surface area contributed by atoms with Gasteiger partial charge in [0.05, 0.1) is 0 Å². The molecule has 0 aromatic carbocycles. The number of carboxylic acids is 1. The van der Waals surface area contributed by atoms with Gasteiger partial charge in [-0.05, 0) is 37.0 Å². The van der Waals surface area contributed by atoms with Crippen molar-refractivity contribution >= 4 is 11.9 Å². The van der Waals surface area contributed by atoms with E-state index in [-0.39, 0.29) is 5.91 Å². The van der Waals surface area contributed by atoms with Gasteiger partial charge in [0.2, 0.25) is 5.91 Å². The molecule has 0 heterocycles. The van der Waals surface area contributed by atoms with E-state index in [1.165, 1.54) is 26.2 Å². The number of nitrogens with one attached hydrogen (secondary N) is 1. The summed E-state index contributed by atoms with van der Waals surface area (Å²) >= 11 is 0. The first-order valence-corrected chi connectivity index (χ1v) is 5.59. The fraction of sp³-hybridized carbons (Fsp3) is 0.818. The second kappa shape index (κ2) is 3.83. The number of carbonyl (C=O) groups is 2. The molecule has 2 aliphatic rings. The molecular formula is C11H17NO3. The number of hydrogen-bond donors (Lipinski definition) is 2. The van der Waals surface area contributed by atoms with Gasteiger partial charge in [-0.2, -0.15) is 0 Å². The predicted octanol–water partition coefficient (Wildman–Crippen LogP) is 1.01. The lowest BCUT2D eigenvalue weighted by molar-refractivity contribution is -0.141. The van der Waals surface area contributed by atoms with E-state index in [0.717, 1.165) is 11.8 Å². The highest BCUT2D eigenvalue weighted by molar-refractivity contribution is 5.82. The smallest absolute Gasteiger partial charge is 0.326 e. The molecule has 0 radical (unpaired) electrons. The summed E-state index contributed by atoms with van der Waals surface area (Å²) in [6.07, 6.45) is 4.41. The highest BCUT2D eigenvalue weighted by atomic mass is 16.4. The summed E-state index contributed by atoms with van der Waals surface area (Å²) in [5.74, 6) is 0.885. The molecule has 2 unspecified atom stereocenters. The fourth-order valence-corrected chi connectivity index (χ4v) is 3.06. The van der Waals surface area contributed by atoms with Gasteiger partial charge < -0.3 is 10.4 Å². The Bertz CT molecular complexity index is 280. The summed E-state index contributed by atoms with van der Waals surface area (Å²) in [5, 5.41) is 11.4. The van der Waals surface area contributed by atoms with Crippen LogP contribution in [0.5, 0.6) is 0 Å². The third kappa shape index (κ3) is 2.13. The minimum absolute atomic E-state index is 0.256. The van der Waals surface area contributed by atoms with Crippen molar-refractivity contribution in [1.29, 1.82) is 0 Å². The summed E-state index contributed by atoms with van der Waals surface area (Å²) in [4.78, 5) is 21.7. The molecule has 2 saturated carbocycles.